The molecule has 0 saturated heterocycles. The van der Waals surface area contributed by atoms with Crippen LogP contribution in [0.2, 0.25) is 0 Å². The van der Waals surface area contributed by atoms with Gasteiger partial charge in [0, 0.05) is 37.9 Å². The fourth-order valence-electron chi connectivity index (χ4n) is 2.52. The second kappa shape index (κ2) is 10.3. The third-order valence-electron chi connectivity index (χ3n) is 3.89. The first-order valence-electron chi connectivity index (χ1n) is 8.78. The molecule has 134 valence electrons. The number of aliphatic imine (C=N–C) groups is 1. The minimum Gasteiger partial charge on any atom is -0.496 e. The number of aromatic nitrogens is 1. The quantitative estimate of drug-likeness (QED) is 0.573. The first-order valence-corrected chi connectivity index (χ1v) is 8.78. The summed E-state index contributed by atoms with van der Waals surface area (Å²) < 4.78 is 5.38. The average molecular weight is 340 g/mol. The molecule has 2 N–H and O–H groups in total. The predicted molar refractivity (Wildman–Crippen MR) is 103 cm³/mol. The van der Waals surface area contributed by atoms with Crippen LogP contribution in [0.4, 0.5) is 0 Å². The van der Waals surface area contributed by atoms with E-state index in [9.17, 15) is 0 Å². The largest absolute Gasteiger partial charge is 0.496 e. The molecule has 0 amide bonds. The average Bonchev–Trinajstić information content (AvgIpc) is 2.64. The molecule has 0 aliphatic carbocycles. The Morgan fingerprint density at radius 1 is 1.16 bits per heavy atom. The molecule has 5 nitrogen and oxygen atoms in total. The molecular formula is C20H28N4O. The highest BCUT2D eigenvalue weighted by Gasteiger charge is 2.02. The number of guanidine groups is 1. The van der Waals surface area contributed by atoms with Crippen molar-refractivity contribution in [3.05, 3.63) is 59.4 Å². The summed E-state index contributed by atoms with van der Waals surface area (Å²) in [5, 5.41) is 6.67. The number of pyridine rings is 1. The Labute approximate surface area is 150 Å². The second-order valence-corrected chi connectivity index (χ2v) is 5.81. The van der Waals surface area contributed by atoms with Gasteiger partial charge in [0.05, 0.1) is 7.11 Å². The van der Waals surface area contributed by atoms with E-state index in [2.05, 4.69) is 52.7 Å². The lowest BCUT2D eigenvalue weighted by Crippen LogP contribution is -2.38. The maximum absolute atomic E-state index is 5.38. The molecule has 0 unspecified atom stereocenters. The van der Waals surface area contributed by atoms with Crippen molar-refractivity contribution >= 4 is 5.96 Å². The maximum atomic E-state index is 5.38. The zero-order chi connectivity index (χ0) is 17.9. The van der Waals surface area contributed by atoms with E-state index in [0.29, 0.717) is 6.54 Å². The van der Waals surface area contributed by atoms with Crippen molar-refractivity contribution < 1.29 is 4.74 Å². The van der Waals surface area contributed by atoms with Gasteiger partial charge in [0.1, 0.15) is 5.75 Å². The second-order valence-electron chi connectivity index (χ2n) is 5.81. The molecule has 25 heavy (non-hydrogen) atoms. The molecule has 2 rings (SSSR count). The highest BCUT2D eigenvalue weighted by molar-refractivity contribution is 5.79. The van der Waals surface area contributed by atoms with Crippen LogP contribution in [-0.2, 0) is 12.8 Å². The van der Waals surface area contributed by atoms with Gasteiger partial charge in [-0.2, -0.15) is 0 Å². The van der Waals surface area contributed by atoms with E-state index in [1.54, 1.807) is 7.11 Å². The Kier molecular flexibility index (Phi) is 7.76. The van der Waals surface area contributed by atoms with E-state index in [4.69, 9.17) is 4.74 Å². The van der Waals surface area contributed by atoms with Crippen LogP contribution in [0.15, 0.2) is 47.6 Å². The van der Waals surface area contributed by atoms with Crippen LogP contribution in [0, 0.1) is 6.92 Å². The number of rotatable bonds is 8. The number of benzene rings is 1. The Morgan fingerprint density at radius 3 is 2.76 bits per heavy atom. The molecule has 0 saturated carbocycles. The molecule has 0 aliphatic heterocycles. The van der Waals surface area contributed by atoms with Crippen molar-refractivity contribution in [2.45, 2.75) is 26.7 Å². The summed E-state index contributed by atoms with van der Waals surface area (Å²) >= 11 is 0. The smallest absolute Gasteiger partial charge is 0.191 e. The summed E-state index contributed by atoms with van der Waals surface area (Å²) in [5.74, 6) is 1.78. The van der Waals surface area contributed by atoms with Crippen LogP contribution in [0.25, 0.3) is 0 Å². The van der Waals surface area contributed by atoms with Gasteiger partial charge in [-0.25, -0.2) is 0 Å². The first kappa shape index (κ1) is 18.8. The number of hydrogen-bond donors (Lipinski definition) is 2. The molecule has 2 aromatic rings. The van der Waals surface area contributed by atoms with E-state index in [0.717, 1.165) is 48.9 Å². The molecule has 0 bridgehead atoms. The number of hydrogen-bond acceptors (Lipinski definition) is 3. The zero-order valence-corrected chi connectivity index (χ0v) is 15.4. The fourth-order valence-corrected chi connectivity index (χ4v) is 2.52. The topological polar surface area (TPSA) is 58.5 Å². The molecule has 0 atom stereocenters. The van der Waals surface area contributed by atoms with Gasteiger partial charge in [-0.3, -0.25) is 9.98 Å². The number of nitrogens with zero attached hydrogens (tertiary/aromatic N) is 2. The van der Waals surface area contributed by atoms with Crippen LogP contribution in [0.1, 0.15) is 23.7 Å². The molecule has 1 aromatic carbocycles. The van der Waals surface area contributed by atoms with Crippen LogP contribution in [0.5, 0.6) is 5.75 Å². The van der Waals surface area contributed by atoms with Gasteiger partial charge in [0.15, 0.2) is 5.96 Å². The number of aryl methyl sites for hydroxylation is 1. The third-order valence-corrected chi connectivity index (χ3v) is 3.89. The summed E-state index contributed by atoms with van der Waals surface area (Å²) in [6.45, 7) is 6.50. The fraction of sp³-hybridized carbons (Fsp3) is 0.400. The Bertz CT molecular complexity index is 671. The van der Waals surface area contributed by atoms with Crippen molar-refractivity contribution in [3.8, 4) is 5.75 Å². The van der Waals surface area contributed by atoms with Gasteiger partial charge in [-0.1, -0.05) is 18.2 Å². The van der Waals surface area contributed by atoms with E-state index in [1.165, 1.54) is 5.56 Å². The summed E-state index contributed by atoms with van der Waals surface area (Å²) in [7, 11) is 1.71. The van der Waals surface area contributed by atoms with Crippen molar-refractivity contribution in [1.29, 1.82) is 0 Å². The molecule has 0 spiro atoms. The normalized spacial score (nSPS) is 11.2. The zero-order valence-electron chi connectivity index (χ0n) is 15.4. The van der Waals surface area contributed by atoms with Crippen LogP contribution in [-0.4, -0.2) is 37.7 Å². The molecule has 0 radical (unpaired) electrons. The minimum atomic E-state index is 0.713. The van der Waals surface area contributed by atoms with Gasteiger partial charge in [-0.15, -0.1) is 0 Å². The van der Waals surface area contributed by atoms with Crippen molar-refractivity contribution in [2.24, 2.45) is 4.99 Å². The number of ether oxygens (including phenoxy) is 1. The van der Waals surface area contributed by atoms with E-state index in [1.807, 2.05) is 24.4 Å². The maximum Gasteiger partial charge on any atom is 0.191 e. The number of methoxy groups -OCH3 is 1. The first-order chi connectivity index (χ1) is 12.2. The van der Waals surface area contributed by atoms with Crippen LogP contribution in [0.3, 0.4) is 0 Å². The van der Waals surface area contributed by atoms with Gasteiger partial charge in [0.25, 0.3) is 0 Å². The Balaban J connectivity index is 1.83. The lowest BCUT2D eigenvalue weighted by Gasteiger charge is -2.12. The minimum absolute atomic E-state index is 0.713. The highest BCUT2D eigenvalue weighted by atomic mass is 16.5. The van der Waals surface area contributed by atoms with E-state index >= 15 is 0 Å². The lowest BCUT2D eigenvalue weighted by molar-refractivity contribution is 0.411. The summed E-state index contributed by atoms with van der Waals surface area (Å²) in [6, 6.07) is 12.3. The van der Waals surface area contributed by atoms with Gasteiger partial charge < -0.3 is 15.4 Å². The van der Waals surface area contributed by atoms with Crippen LogP contribution >= 0.6 is 0 Å². The summed E-state index contributed by atoms with van der Waals surface area (Å²) in [5.41, 5.74) is 3.47. The molecule has 0 fully saturated rings. The SMILES string of the molecule is CCNC(=NCCc1ccccn1)NCCc1ccc(C)c(OC)c1. The monoisotopic (exact) mass is 340 g/mol. The third kappa shape index (κ3) is 6.45. The van der Waals surface area contributed by atoms with Crippen LogP contribution < -0.4 is 15.4 Å². The standard InChI is InChI=1S/C20H28N4O/c1-4-21-20(24-14-11-18-7-5-6-12-22-18)23-13-10-17-9-8-16(2)19(15-17)25-3/h5-9,12,15H,4,10-11,13-14H2,1-3H3,(H2,21,23,24). The van der Waals surface area contributed by atoms with Gasteiger partial charge >= 0.3 is 0 Å². The molecular weight excluding hydrogens is 312 g/mol. The molecule has 0 aliphatic rings. The number of nitrogens with one attached hydrogen (secondary N) is 2. The molecule has 1 heterocycles. The van der Waals surface area contributed by atoms with Gasteiger partial charge in [0.2, 0.25) is 0 Å². The summed E-state index contributed by atoms with van der Waals surface area (Å²) in [4.78, 5) is 8.94. The Morgan fingerprint density at radius 2 is 2.04 bits per heavy atom. The van der Waals surface area contributed by atoms with Gasteiger partial charge in [-0.05, 0) is 49.6 Å². The lowest BCUT2D eigenvalue weighted by atomic mass is 10.1. The van der Waals surface area contributed by atoms with E-state index in [-0.39, 0.29) is 0 Å². The Hall–Kier alpha value is -2.56. The van der Waals surface area contributed by atoms with Crippen molar-refractivity contribution in [1.82, 2.24) is 15.6 Å². The van der Waals surface area contributed by atoms with Crippen molar-refractivity contribution in [2.75, 3.05) is 26.7 Å². The molecule has 5 heteroatoms. The molecule has 1 aromatic heterocycles. The predicted octanol–water partition coefficient (Wildman–Crippen LogP) is 2.74. The van der Waals surface area contributed by atoms with E-state index < -0.39 is 0 Å². The highest BCUT2D eigenvalue weighted by Crippen LogP contribution is 2.18. The summed E-state index contributed by atoms with van der Waals surface area (Å²) in [6.07, 6.45) is 3.58. The van der Waals surface area contributed by atoms with Crippen molar-refractivity contribution in [3.63, 3.8) is 0 Å².